The Bertz CT molecular complexity index is 675. The number of guanidine groups is 1. The van der Waals surface area contributed by atoms with Crippen molar-refractivity contribution in [3.05, 3.63) is 10.6 Å². The van der Waals surface area contributed by atoms with E-state index in [0.717, 1.165) is 11.3 Å². The number of alkyl halides is 3. The van der Waals surface area contributed by atoms with Gasteiger partial charge in [0.05, 0.1) is 17.0 Å². The molecule has 10 heteroatoms. The molecule has 0 aromatic carbocycles. The summed E-state index contributed by atoms with van der Waals surface area (Å²) in [4.78, 5) is 33.9. The lowest BCUT2D eigenvalue weighted by Crippen LogP contribution is -2.41. The van der Waals surface area contributed by atoms with Crippen LogP contribution < -0.4 is 5.32 Å². The van der Waals surface area contributed by atoms with Crippen LogP contribution in [0, 0.1) is 6.92 Å². The number of rotatable bonds is 2. The molecule has 2 heterocycles. The standard InChI is InChI=1S/C11H9F3N4O2S/c1-4-8(5(2)19)21-10(15-4)18-9-16-6(11(12,13)14)3-7(20)17-9/h3H2,1-2H3,(H,15,17,18,20). The summed E-state index contributed by atoms with van der Waals surface area (Å²) in [6.45, 7) is 2.93. The quantitative estimate of drug-likeness (QED) is 0.848. The van der Waals surface area contributed by atoms with Crippen molar-refractivity contribution in [1.82, 2.24) is 10.3 Å². The summed E-state index contributed by atoms with van der Waals surface area (Å²) in [5, 5.41) is 2.19. The van der Waals surface area contributed by atoms with E-state index in [-0.39, 0.29) is 10.9 Å². The molecule has 0 fully saturated rings. The van der Waals surface area contributed by atoms with E-state index in [1.54, 1.807) is 6.92 Å². The highest BCUT2D eigenvalue weighted by Gasteiger charge is 2.39. The number of aromatic nitrogens is 1. The number of thiazole rings is 1. The number of ketones is 1. The Morgan fingerprint density at radius 3 is 2.62 bits per heavy atom. The number of hydrogen-bond donors (Lipinski definition) is 1. The van der Waals surface area contributed by atoms with E-state index in [1.807, 2.05) is 0 Å². The van der Waals surface area contributed by atoms with Crippen molar-refractivity contribution < 1.29 is 22.8 Å². The molecule has 0 radical (unpaired) electrons. The second-order valence-corrected chi connectivity index (χ2v) is 5.16. The average molecular weight is 318 g/mol. The largest absolute Gasteiger partial charge is 0.430 e. The van der Waals surface area contributed by atoms with Gasteiger partial charge in [-0.05, 0) is 6.92 Å². The van der Waals surface area contributed by atoms with Crippen molar-refractivity contribution in [3.8, 4) is 0 Å². The number of aryl methyl sites for hydroxylation is 1. The van der Waals surface area contributed by atoms with Crippen LogP contribution in [0.2, 0.25) is 0 Å². The van der Waals surface area contributed by atoms with Crippen LogP contribution in [0.3, 0.4) is 0 Å². The lowest BCUT2D eigenvalue weighted by Gasteiger charge is -2.15. The maximum atomic E-state index is 12.6. The minimum atomic E-state index is -4.69. The van der Waals surface area contributed by atoms with Gasteiger partial charge in [0.25, 0.3) is 0 Å². The van der Waals surface area contributed by atoms with Gasteiger partial charge in [-0.3, -0.25) is 14.9 Å². The van der Waals surface area contributed by atoms with E-state index in [1.165, 1.54) is 6.92 Å². The zero-order chi connectivity index (χ0) is 15.8. The van der Waals surface area contributed by atoms with Gasteiger partial charge in [0.1, 0.15) is 5.71 Å². The van der Waals surface area contributed by atoms with Crippen molar-refractivity contribution in [3.63, 3.8) is 0 Å². The number of aliphatic imine (C=N–C) groups is 2. The lowest BCUT2D eigenvalue weighted by molar-refractivity contribution is -0.120. The molecule has 21 heavy (non-hydrogen) atoms. The fourth-order valence-corrected chi connectivity index (χ4v) is 2.41. The summed E-state index contributed by atoms with van der Waals surface area (Å²) in [7, 11) is 0. The molecule has 0 unspecified atom stereocenters. The second kappa shape index (κ2) is 5.35. The highest BCUT2D eigenvalue weighted by molar-refractivity contribution is 7.17. The molecule has 1 amide bonds. The minimum absolute atomic E-state index is 0.0557. The van der Waals surface area contributed by atoms with Crippen LogP contribution in [-0.2, 0) is 4.79 Å². The molecular weight excluding hydrogens is 309 g/mol. The third-order valence-electron chi connectivity index (χ3n) is 2.45. The molecule has 1 aliphatic heterocycles. The predicted molar refractivity (Wildman–Crippen MR) is 70.2 cm³/mol. The van der Waals surface area contributed by atoms with Gasteiger partial charge >= 0.3 is 6.18 Å². The molecule has 1 aliphatic rings. The first-order valence-electron chi connectivity index (χ1n) is 5.68. The van der Waals surface area contributed by atoms with Gasteiger partial charge in [-0.25, -0.2) is 9.98 Å². The summed E-state index contributed by atoms with van der Waals surface area (Å²) in [6.07, 6.45) is -5.54. The Hall–Kier alpha value is -2.10. The number of amides is 1. The molecule has 0 atom stereocenters. The molecule has 1 aromatic rings. The van der Waals surface area contributed by atoms with Crippen LogP contribution in [0.1, 0.15) is 28.7 Å². The zero-order valence-corrected chi connectivity index (χ0v) is 11.7. The fraction of sp³-hybridized carbons (Fsp3) is 0.364. The minimum Gasteiger partial charge on any atom is -0.294 e. The van der Waals surface area contributed by atoms with Gasteiger partial charge in [0.15, 0.2) is 5.78 Å². The van der Waals surface area contributed by atoms with E-state index in [4.69, 9.17) is 0 Å². The lowest BCUT2D eigenvalue weighted by atomic mass is 10.2. The third kappa shape index (κ3) is 3.51. The van der Waals surface area contributed by atoms with Crippen LogP contribution in [0.4, 0.5) is 18.3 Å². The van der Waals surface area contributed by atoms with Crippen LogP contribution in [0.15, 0.2) is 9.98 Å². The number of halogens is 3. The summed E-state index contributed by atoms with van der Waals surface area (Å²) >= 11 is 0.921. The molecular formula is C11H9F3N4O2S. The maximum absolute atomic E-state index is 12.6. The zero-order valence-electron chi connectivity index (χ0n) is 10.9. The summed E-state index contributed by atoms with van der Waals surface area (Å²) < 4.78 is 37.7. The molecule has 0 spiro atoms. The molecule has 0 saturated heterocycles. The van der Waals surface area contributed by atoms with Crippen molar-refractivity contribution in [2.24, 2.45) is 9.98 Å². The van der Waals surface area contributed by atoms with Gasteiger partial charge in [-0.1, -0.05) is 11.3 Å². The first-order valence-corrected chi connectivity index (χ1v) is 6.50. The number of Topliss-reactive ketones (excluding diaryl/α,β-unsaturated/α-hetero) is 1. The Morgan fingerprint density at radius 2 is 2.10 bits per heavy atom. The van der Waals surface area contributed by atoms with Crippen molar-refractivity contribution in [2.45, 2.75) is 26.4 Å². The monoisotopic (exact) mass is 318 g/mol. The summed E-state index contributed by atoms with van der Waals surface area (Å²) in [5.41, 5.74) is -0.793. The van der Waals surface area contributed by atoms with Crippen LogP contribution in [0.5, 0.6) is 0 Å². The molecule has 0 saturated carbocycles. The Labute approximate surface area is 120 Å². The Kier molecular flexibility index (Phi) is 3.90. The number of carbonyl (C=O) groups excluding carboxylic acids is 2. The molecule has 1 aromatic heterocycles. The van der Waals surface area contributed by atoms with Gasteiger partial charge < -0.3 is 0 Å². The molecule has 2 rings (SSSR count). The average Bonchev–Trinajstić information content (AvgIpc) is 2.68. The molecule has 0 bridgehead atoms. The van der Waals surface area contributed by atoms with Crippen molar-refractivity contribution in [2.75, 3.05) is 0 Å². The Balaban J connectivity index is 2.38. The van der Waals surface area contributed by atoms with E-state index in [9.17, 15) is 22.8 Å². The van der Waals surface area contributed by atoms with Crippen molar-refractivity contribution >= 4 is 39.8 Å². The van der Waals surface area contributed by atoms with Crippen LogP contribution >= 0.6 is 11.3 Å². The number of hydrogen-bond acceptors (Lipinski definition) is 5. The van der Waals surface area contributed by atoms with Gasteiger partial charge in [-0.2, -0.15) is 18.2 Å². The van der Waals surface area contributed by atoms with E-state index in [0.29, 0.717) is 10.6 Å². The number of nitrogens with one attached hydrogen (secondary N) is 1. The smallest absolute Gasteiger partial charge is 0.294 e. The third-order valence-corrected chi connectivity index (χ3v) is 3.61. The van der Waals surface area contributed by atoms with E-state index in [2.05, 4.69) is 20.3 Å². The highest BCUT2D eigenvalue weighted by atomic mass is 32.1. The SMILES string of the molecule is CC(=O)c1sc(N=C2N=C(C(F)(F)F)CC(=O)N2)nc1C. The van der Waals surface area contributed by atoms with Gasteiger partial charge in [0.2, 0.25) is 17.0 Å². The number of carbonyl (C=O) groups is 2. The normalized spacial score (nSPS) is 17.7. The van der Waals surface area contributed by atoms with Crippen LogP contribution in [0.25, 0.3) is 0 Å². The first-order chi connectivity index (χ1) is 9.66. The van der Waals surface area contributed by atoms with Gasteiger partial charge in [0, 0.05) is 6.92 Å². The summed E-state index contributed by atoms with van der Waals surface area (Å²) in [6, 6.07) is 0. The van der Waals surface area contributed by atoms with E-state index < -0.39 is 30.2 Å². The molecule has 1 N–H and O–H groups in total. The van der Waals surface area contributed by atoms with Crippen molar-refractivity contribution in [1.29, 1.82) is 0 Å². The maximum Gasteiger partial charge on any atom is 0.430 e. The first kappa shape index (κ1) is 15.3. The fourth-order valence-electron chi connectivity index (χ4n) is 1.58. The van der Waals surface area contributed by atoms with Gasteiger partial charge in [-0.15, -0.1) is 0 Å². The second-order valence-electron chi connectivity index (χ2n) is 4.18. The Morgan fingerprint density at radius 1 is 1.43 bits per heavy atom. The molecule has 112 valence electrons. The molecule has 6 nitrogen and oxygen atoms in total. The van der Waals surface area contributed by atoms with Crippen LogP contribution in [-0.4, -0.2) is 34.5 Å². The van der Waals surface area contributed by atoms with E-state index >= 15 is 0 Å². The predicted octanol–water partition coefficient (Wildman–Crippen LogP) is 2.16. The number of nitrogens with zero attached hydrogens (tertiary/aromatic N) is 3. The highest BCUT2D eigenvalue weighted by Crippen LogP contribution is 2.26. The topological polar surface area (TPSA) is 83.8 Å². The molecule has 0 aliphatic carbocycles. The summed E-state index contributed by atoms with van der Waals surface area (Å²) in [5.74, 6) is -1.55.